The minimum absolute atomic E-state index is 0.0317. The predicted molar refractivity (Wildman–Crippen MR) is 424 cm³/mol. The van der Waals surface area contributed by atoms with Gasteiger partial charge in [-0.15, -0.1) is 30.6 Å². The molecule has 9 heterocycles. The number of hydrogen-bond donors (Lipinski definition) is 11. The Morgan fingerprint density at radius 2 is 1.09 bits per heavy atom. The molecule has 3 saturated carbocycles. The molecule has 0 unspecified atom stereocenters. The van der Waals surface area contributed by atoms with Crippen molar-refractivity contribution in [3.05, 3.63) is 107 Å². The van der Waals surface area contributed by atoms with Crippen molar-refractivity contribution in [3.63, 3.8) is 0 Å². The standard InChI is InChI=1S/C21H24Cl2N6O.C20H31BrN6O2S.C13H26N2O2S.C6H5BCl2O2.C6H4BrClN4.H2N6/c1-12-17(14-3-2-4-15(22)18(14)23)19-27-25-11-29(19)20(26-12)28-7-5-21(6-8-28)10-13(30)9-16(21)24;1-12-14(28)10-20(16(12)25-30(29)19(3,4)5)6-8-26(9-7-20)18-23-13(2)15(21)17-24-22-11-27(17)18;1-12(2,3)18(17)15-11-8-10(16)9-13(11)4-6-14-7-5-13;8-5-3-1-2-4(6(5)9)7(10)11;1-3-4(7)5-11-9-2-12(5)6(8)10-3;1-3-5-6-4-2/h2-4,11,13,16,30H,5-10,24H2,1H3;11-12,14,16,25,28H,6-10H2,1-5H3;10-11,14-16H,4-9H2,1-3H3;1-3,10-11H;2H,1H3;1-2H/b;;;;;3-1?,4-2?,6-5+/t13-,16+;12-,14-,16-,30-;10-,11+,18+;;;/m010.../s1. The summed E-state index contributed by atoms with van der Waals surface area (Å²) in [5.41, 5.74) is 24.9. The van der Waals surface area contributed by atoms with Gasteiger partial charge in [-0.2, -0.15) is 11.1 Å². The van der Waals surface area contributed by atoms with Crippen LogP contribution in [-0.2, 0) is 22.0 Å². The molecule has 41 heteroatoms. The second kappa shape index (κ2) is 36.6. The number of rotatable bonds is 10. The van der Waals surface area contributed by atoms with E-state index in [0.29, 0.717) is 38.1 Å². The summed E-state index contributed by atoms with van der Waals surface area (Å²) in [6.07, 6.45) is 13.7. The molecule has 0 amide bonds. The molecule has 6 aliphatic rings. The lowest BCUT2D eigenvalue weighted by atomic mass is 9.73. The number of piperidine rings is 3. The van der Waals surface area contributed by atoms with Crippen molar-refractivity contribution in [2.75, 3.05) is 49.1 Å². The molecule has 12 N–H and O–H groups in total. The van der Waals surface area contributed by atoms with Gasteiger partial charge in [-0.25, -0.2) is 37.2 Å². The van der Waals surface area contributed by atoms with E-state index >= 15 is 0 Å². The molecule has 582 valence electrons. The van der Waals surface area contributed by atoms with Crippen LogP contribution < -0.4 is 35.8 Å². The number of aliphatic hydroxyl groups is 3. The van der Waals surface area contributed by atoms with Crippen LogP contribution in [0.5, 0.6) is 0 Å². The van der Waals surface area contributed by atoms with E-state index in [-0.39, 0.29) is 78.6 Å². The quantitative estimate of drug-likeness (QED) is 0.0262. The van der Waals surface area contributed by atoms with E-state index in [1.165, 1.54) is 12.4 Å². The Hall–Kier alpha value is -5.10. The van der Waals surface area contributed by atoms with Crippen LogP contribution in [0.15, 0.2) is 85.2 Å². The van der Waals surface area contributed by atoms with Gasteiger partial charge < -0.3 is 46.2 Å². The van der Waals surface area contributed by atoms with Crippen LogP contribution in [0.3, 0.4) is 0 Å². The Kier molecular flexibility index (Phi) is 29.4. The predicted octanol–water partition coefficient (Wildman–Crippen LogP) is 10.9. The van der Waals surface area contributed by atoms with Gasteiger partial charge in [0.15, 0.2) is 16.9 Å². The summed E-state index contributed by atoms with van der Waals surface area (Å²) >= 11 is 36.7. The number of benzene rings is 2. The highest BCUT2D eigenvalue weighted by atomic mass is 79.9. The minimum Gasteiger partial charge on any atom is -0.423 e. The Morgan fingerprint density at radius 1 is 0.626 bits per heavy atom. The monoisotopic (exact) mass is 1740 g/mol. The average Bonchev–Trinajstić information content (AvgIpc) is 1.67. The van der Waals surface area contributed by atoms with Crippen molar-refractivity contribution >= 4 is 153 Å². The van der Waals surface area contributed by atoms with E-state index < -0.39 is 29.1 Å². The fourth-order valence-electron chi connectivity index (χ4n) is 14.9. The first kappa shape index (κ1) is 85.9. The summed E-state index contributed by atoms with van der Waals surface area (Å²) in [5, 5.41) is 88.0. The first-order valence-corrected chi connectivity index (χ1v) is 40.6. The summed E-state index contributed by atoms with van der Waals surface area (Å²) in [6, 6.07) is 10.5. The lowest BCUT2D eigenvalue weighted by Gasteiger charge is -2.44. The van der Waals surface area contributed by atoms with Gasteiger partial charge in [0.2, 0.25) is 17.2 Å². The van der Waals surface area contributed by atoms with Crippen molar-refractivity contribution in [1.82, 2.24) is 73.5 Å². The molecule has 31 nitrogen and oxygen atoms in total. The molecule has 3 aliphatic carbocycles. The number of nitrogens with two attached hydrogens (primary N) is 1. The largest absolute Gasteiger partial charge is 0.490 e. The maximum atomic E-state index is 12.8. The number of aliphatic hydroxyl groups excluding tert-OH is 3. The van der Waals surface area contributed by atoms with Gasteiger partial charge in [0.05, 0.1) is 95.9 Å². The first-order valence-electron chi connectivity index (χ1n) is 34.8. The molecular formula is C66H92BBr2Cl5N24O7S2. The number of nitrogens with zero attached hydrogens (tertiary/aromatic N) is 18. The van der Waals surface area contributed by atoms with E-state index in [1.54, 1.807) is 35.3 Å². The molecule has 6 aromatic heterocycles. The molecule has 0 radical (unpaired) electrons. The van der Waals surface area contributed by atoms with Gasteiger partial charge in [-0.1, -0.05) is 77.6 Å². The van der Waals surface area contributed by atoms with Crippen molar-refractivity contribution in [2.45, 2.75) is 186 Å². The molecule has 107 heavy (non-hydrogen) atoms. The SMILES string of the molecule is CC(C)(C)[S@@](=O)N[C@@H]1C[C@H](O)CC12CCNCC2.Cc1nc(Cl)n2cnnc2c1Br.Cc1nc(N2CCC3(CC2)C[C@@H](O)C[C@H]3N)n2cnnc2c1-c1cccc(Cl)c1Cl.Cc1nc(N2CCC3(CC2)C[C@@H](O)[C@@H](C)[C@H]3N[S@](=O)C(C)(C)C)n2cnnc2c1Br.N=N/N=N/N=N.OB(O)c1cccc(Cl)c1Cl. The fourth-order valence-corrected chi connectivity index (χ4v) is 18.7. The normalized spacial score (nSPS) is 22.8. The average molecular weight is 1750 g/mol. The van der Waals surface area contributed by atoms with Crippen LogP contribution in [0, 0.1) is 54.0 Å². The molecule has 14 rings (SSSR count). The smallest absolute Gasteiger partial charge is 0.423 e. The third-order valence-electron chi connectivity index (χ3n) is 20.8. The summed E-state index contributed by atoms with van der Waals surface area (Å²) in [4.78, 5) is 18.3. The van der Waals surface area contributed by atoms with Gasteiger partial charge >= 0.3 is 7.12 Å². The lowest BCUT2D eigenvalue weighted by Crippen LogP contribution is -2.53. The second-order valence-electron chi connectivity index (χ2n) is 29.8. The van der Waals surface area contributed by atoms with Crippen molar-refractivity contribution in [1.29, 1.82) is 11.1 Å². The Balaban J connectivity index is 0.000000159. The molecule has 3 saturated heterocycles. The van der Waals surface area contributed by atoms with Crippen LogP contribution in [0.2, 0.25) is 25.4 Å². The third kappa shape index (κ3) is 19.9. The van der Waals surface area contributed by atoms with E-state index in [4.69, 9.17) is 94.8 Å². The lowest BCUT2D eigenvalue weighted by molar-refractivity contribution is 0.126. The number of anilines is 2. The van der Waals surface area contributed by atoms with Gasteiger partial charge in [-0.05, 0) is 245 Å². The second-order valence-corrected chi connectivity index (χ2v) is 37.3. The molecule has 9 atom stereocenters. The Labute approximate surface area is 668 Å². The van der Waals surface area contributed by atoms with Crippen LogP contribution in [0.1, 0.15) is 136 Å². The number of halogens is 7. The Bertz CT molecular complexity index is 4490. The molecule has 3 aliphatic heterocycles. The van der Waals surface area contributed by atoms with E-state index in [0.717, 1.165) is 158 Å². The first-order chi connectivity index (χ1) is 50.5. The zero-order valence-corrected chi connectivity index (χ0v) is 69.6. The number of aryl methyl sites for hydroxylation is 3. The summed E-state index contributed by atoms with van der Waals surface area (Å²) < 4.78 is 38.3. The topological polar surface area (TPSA) is 430 Å². The van der Waals surface area contributed by atoms with Crippen LogP contribution in [0.4, 0.5) is 11.9 Å². The van der Waals surface area contributed by atoms with E-state index in [9.17, 15) is 23.7 Å². The van der Waals surface area contributed by atoms with Crippen LogP contribution >= 0.6 is 89.9 Å². The van der Waals surface area contributed by atoms with Gasteiger partial charge in [-0.3, -0.25) is 8.80 Å². The molecule has 6 fully saturated rings. The number of nitrogens with one attached hydrogen (secondary N) is 5. The summed E-state index contributed by atoms with van der Waals surface area (Å²) in [6.45, 7) is 25.0. The van der Waals surface area contributed by atoms with Crippen molar-refractivity contribution < 1.29 is 33.8 Å². The number of aromatic nitrogens is 12. The highest BCUT2D eigenvalue weighted by molar-refractivity contribution is 9.11. The highest BCUT2D eigenvalue weighted by Gasteiger charge is 2.54. The van der Waals surface area contributed by atoms with E-state index in [1.807, 2.05) is 83.2 Å². The van der Waals surface area contributed by atoms with Gasteiger partial charge in [0.1, 0.15) is 19.0 Å². The third-order valence-corrected chi connectivity index (χ3v) is 27.8. The maximum Gasteiger partial charge on any atom is 0.490 e. The fraction of sp³-hybridized carbons (Fsp3) is 0.591. The zero-order valence-electron chi connectivity index (χ0n) is 61.0. The number of hydrogen-bond acceptors (Lipinski definition) is 22. The van der Waals surface area contributed by atoms with Crippen molar-refractivity contribution in [2.24, 2.45) is 48.8 Å². The van der Waals surface area contributed by atoms with Gasteiger partial charge in [0, 0.05) is 60.9 Å². The zero-order chi connectivity index (χ0) is 78.3. The number of fused-ring (bicyclic) bond motifs is 3. The van der Waals surface area contributed by atoms with Crippen LogP contribution in [-0.4, -0.2) is 185 Å². The highest BCUT2D eigenvalue weighted by Crippen LogP contribution is 2.51. The summed E-state index contributed by atoms with van der Waals surface area (Å²) in [5.74, 6) is 1.73. The summed E-state index contributed by atoms with van der Waals surface area (Å²) in [7, 11) is -3.79. The molecule has 2 aromatic carbocycles. The molecule has 0 bridgehead atoms. The van der Waals surface area contributed by atoms with Crippen LogP contribution in [0.25, 0.3) is 28.1 Å². The minimum atomic E-state index is -1.57. The maximum absolute atomic E-state index is 12.8. The molecule has 8 aromatic rings. The molecular weight excluding hydrogens is 1650 g/mol. The van der Waals surface area contributed by atoms with E-state index in [2.05, 4.69) is 120 Å². The van der Waals surface area contributed by atoms with Crippen molar-refractivity contribution in [3.8, 4) is 11.1 Å². The molecule has 3 spiro atoms. The Morgan fingerprint density at radius 3 is 1.62 bits per heavy atom. The van der Waals surface area contributed by atoms with Gasteiger partial charge in [0.25, 0.3) is 0 Å².